The number of nitrogens with zero attached hydrogens (tertiary/aromatic N) is 4. The van der Waals surface area contributed by atoms with Gasteiger partial charge in [-0.1, -0.05) is 158 Å². The Balaban J connectivity index is 1.12. The van der Waals surface area contributed by atoms with Crippen molar-refractivity contribution in [3.8, 4) is 51.0 Å². The zero-order valence-corrected chi connectivity index (χ0v) is 34.7. The van der Waals surface area contributed by atoms with Gasteiger partial charge in [0.1, 0.15) is 22.3 Å². The van der Waals surface area contributed by atoms with Gasteiger partial charge in [0.2, 0.25) is 0 Å². The van der Waals surface area contributed by atoms with Crippen molar-refractivity contribution in [2.45, 2.75) is 0 Å². The molecule has 14 rings (SSSR count). The van der Waals surface area contributed by atoms with Gasteiger partial charge in [0.25, 0.3) is 0 Å². The van der Waals surface area contributed by atoms with Crippen LogP contribution in [0.25, 0.3) is 138 Å². The van der Waals surface area contributed by atoms with E-state index >= 15 is 0 Å². The fraction of sp³-hybridized carbons (Fsp3) is 0. The highest BCUT2D eigenvalue weighted by molar-refractivity contribution is 6.24. The molecule has 0 aliphatic carbocycles. The lowest BCUT2D eigenvalue weighted by Gasteiger charge is -2.16. The summed E-state index contributed by atoms with van der Waals surface area (Å²) in [6.45, 7) is 0. The van der Waals surface area contributed by atoms with E-state index in [9.17, 15) is 0 Å². The third-order valence-corrected chi connectivity index (χ3v) is 13.0. The van der Waals surface area contributed by atoms with Crippen molar-refractivity contribution in [2.75, 3.05) is 0 Å². The Kier molecular flexibility index (Phi) is 7.59. The summed E-state index contributed by atoms with van der Waals surface area (Å²) in [6, 6.07) is 72.1. The average molecular weight is 831 g/mol. The van der Waals surface area contributed by atoms with Crippen molar-refractivity contribution in [2.24, 2.45) is 0 Å². The smallest absolute Gasteiger partial charge is 0.167 e. The lowest BCUT2D eigenvalue weighted by molar-refractivity contribution is 0.668. The molecular weight excluding hydrogens is 797 g/mol. The first kappa shape index (κ1) is 35.7. The first-order valence-corrected chi connectivity index (χ1v) is 21.8. The monoisotopic (exact) mass is 830 g/mol. The summed E-state index contributed by atoms with van der Waals surface area (Å²) in [5.41, 5.74) is 10.9. The van der Waals surface area contributed by atoms with Crippen molar-refractivity contribution in [1.29, 1.82) is 0 Å². The highest BCUT2D eigenvalue weighted by Gasteiger charge is 2.26. The van der Waals surface area contributed by atoms with E-state index < -0.39 is 0 Å². The molecule has 0 bridgehead atoms. The van der Waals surface area contributed by atoms with E-state index in [2.05, 4.69) is 168 Å². The van der Waals surface area contributed by atoms with Crippen LogP contribution in [0.5, 0.6) is 0 Å². The van der Waals surface area contributed by atoms with Crippen LogP contribution in [0.2, 0.25) is 0 Å². The van der Waals surface area contributed by atoms with Gasteiger partial charge in [-0.15, -0.1) is 0 Å². The Bertz CT molecular complexity index is 4240. The zero-order chi connectivity index (χ0) is 42.6. The molecular formula is C59H34N4O2. The first-order chi connectivity index (χ1) is 32.2. The van der Waals surface area contributed by atoms with Crippen LogP contribution in [0.15, 0.2) is 215 Å². The summed E-state index contributed by atoms with van der Waals surface area (Å²) in [6.07, 6.45) is 0. The maximum atomic E-state index is 6.66. The van der Waals surface area contributed by atoms with Gasteiger partial charge in [0, 0.05) is 37.9 Å². The molecule has 6 nitrogen and oxygen atoms in total. The molecule has 0 unspecified atom stereocenters. The van der Waals surface area contributed by atoms with Gasteiger partial charge in [-0.3, -0.25) is 0 Å². The number of benzene rings is 10. The minimum Gasteiger partial charge on any atom is -0.456 e. The molecule has 6 heteroatoms. The number of fused-ring (bicyclic) bond motifs is 12. The van der Waals surface area contributed by atoms with Crippen molar-refractivity contribution >= 4 is 87.2 Å². The van der Waals surface area contributed by atoms with E-state index in [1.54, 1.807) is 0 Å². The molecule has 302 valence electrons. The Morgan fingerprint density at radius 3 is 1.80 bits per heavy atom. The number of furan rings is 2. The highest BCUT2D eigenvalue weighted by Crippen LogP contribution is 2.45. The van der Waals surface area contributed by atoms with E-state index in [1.165, 1.54) is 26.9 Å². The molecule has 0 amide bonds. The molecule has 4 aromatic heterocycles. The van der Waals surface area contributed by atoms with Gasteiger partial charge in [0.05, 0.1) is 27.8 Å². The zero-order valence-electron chi connectivity index (χ0n) is 34.7. The Morgan fingerprint density at radius 1 is 0.338 bits per heavy atom. The molecule has 0 saturated carbocycles. The summed E-state index contributed by atoms with van der Waals surface area (Å²) in [5, 5.41) is 11.0. The third kappa shape index (κ3) is 5.44. The molecule has 0 saturated heterocycles. The van der Waals surface area contributed by atoms with Gasteiger partial charge in [0.15, 0.2) is 17.5 Å². The molecule has 0 spiro atoms. The topological polar surface area (TPSA) is 69.9 Å². The molecule has 0 aliphatic rings. The number of para-hydroxylation sites is 3. The molecule has 14 aromatic rings. The van der Waals surface area contributed by atoms with Crippen molar-refractivity contribution in [3.05, 3.63) is 206 Å². The molecule has 0 radical (unpaired) electrons. The Labute approximate surface area is 371 Å². The molecule has 0 fully saturated rings. The summed E-state index contributed by atoms with van der Waals surface area (Å²) in [5.74, 6) is 1.58. The van der Waals surface area contributed by atoms with Gasteiger partial charge >= 0.3 is 0 Å². The van der Waals surface area contributed by atoms with Crippen LogP contribution in [-0.4, -0.2) is 19.5 Å². The first-order valence-electron chi connectivity index (χ1n) is 21.8. The Hall–Kier alpha value is -8.87. The van der Waals surface area contributed by atoms with Gasteiger partial charge in [-0.25, -0.2) is 15.0 Å². The maximum absolute atomic E-state index is 6.66. The number of hydrogen-bond acceptors (Lipinski definition) is 5. The minimum absolute atomic E-state index is 0.511. The fourth-order valence-electron chi connectivity index (χ4n) is 10.1. The second kappa shape index (κ2) is 13.8. The molecule has 0 aliphatic heterocycles. The van der Waals surface area contributed by atoms with Crippen LogP contribution in [0.4, 0.5) is 0 Å². The van der Waals surface area contributed by atoms with Crippen molar-refractivity contribution in [1.82, 2.24) is 19.5 Å². The van der Waals surface area contributed by atoms with Gasteiger partial charge in [-0.05, 0) is 81.2 Å². The number of hydrogen-bond donors (Lipinski definition) is 0. The van der Waals surface area contributed by atoms with Crippen LogP contribution >= 0.6 is 0 Å². The van der Waals surface area contributed by atoms with Crippen molar-refractivity contribution < 1.29 is 8.83 Å². The maximum Gasteiger partial charge on any atom is 0.167 e. The Morgan fingerprint density at radius 2 is 0.969 bits per heavy atom. The predicted octanol–water partition coefficient (Wildman–Crippen LogP) is 15.7. The normalized spacial score (nSPS) is 12.0. The van der Waals surface area contributed by atoms with E-state index in [-0.39, 0.29) is 0 Å². The van der Waals surface area contributed by atoms with Crippen LogP contribution in [0.1, 0.15) is 0 Å². The summed E-state index contributed by atoms with van der Waals surface area (Å²) >= 11 is 0. The lowest BCUT2D eigenvalue weighted by atomic mass is 10.0. The summed E-state index contributed by atoms with van der Waals surface area (Å²) in [7, 11) is 0. The lowest BCUT2D eigenvalue weighted by Crippen LogP contribution is -2.04. The molecule has 4 heterocycles. The molecule has 0 atom stereocenters. The standard InChI is InChI=1S/C59H34N4O2/c1-2-13-35(14-3-1)36-25-27-38(28-26-36)57-60-58(45-22-12-21-43-42-19-8-10-23-50(42)65-56(43)45)62-59(61-57)55-48(31-32-52-54(55)44-20-9-11-24-51(44)64-52)63-47-30-29-37-15-6-7-18-41(37)53(47)46-33-39-16-4-5-17-40(39)34-49(46)63/h1-34H. The molecule has 0 N–H and O–H groups in total. The second-order valence-corrected chi connectivity index (χ2v) is 16.7. The van der Waals surface area contributed by atoms with E-state index in [0.717, 1.165) is 93.8 Å². The van der Waals surface area contributed by atoms with Crippen molar-refractivity contribution in [3.63, 3.8) is 0 Å². The third-order valence-electron chi connectivity index (χ3n) is 13.0. The molecule has 10 aromatic carbocycles. The van der Waals surface area contributed by atoms with Gasteiger partial charge < -0.3 is 13.4 Å². The minimum atomic E-state index is 0.511. The largest absolute Gasteiger partial charge is 0.456 e. The van der Waals surface area contributed by atoms with Crippen LogP contribution in [0, 0.1) is 0 Å². The highest BCUT2D eigenvalue weighted by atomic mass is 16.3. The number of aromatic nitrogens is 4. The quantitative estimate of drug-likeness (QED) is 0.173. The summed E-state index contributed by atoms with van der Waals surface area (Å²) in [4.78, 5) is 16.3. The fourth-order valence-corrected chi connectivity index (χ4v) is 10.1. The van der Waals surface area contributed by atoms with E-state index in [4.69, 9.17) is 23.8 Å². The van der Waals surface area contributed by atoms with Crippen LogP contribution < -0.4 is 0 Å². The average Bonchev–Trinajstić information content (AvgIpc) is 4.05. The molecule has 65 heavy (non-hydrogen) atoms. The van der Waals surface area contributed by atoms with E-state index in [1.807, 2.05) is 42.5 Å². The SMILES string of the molecule is c1ccc(-c2ccc(-c3nc(-c4cccc5c4oc4ccccc45)nc(-c4c(-n5c6cc7ccccc7cc6c6c7ccccc7ccc65)ccc5oc6ccccc6c45)n3)cc2)cc1. The van der Waals surface area contributed by atoms with E-state index in [0.29, 0.717) is 17.5 Å². The predicted molar refractivity (Wildman–Crippen MR) is 265 cm³/mol. The van der Waals surface area contributed by atoms with Gasteiger partial charge in [-0.2, -0.15) is 0 Å². The summed E-state index contributed by atoms with van der Waals surface area (Å²) < 4.78 is 15.7. The van der Waals surface area contributed by atoms with Crippen LogP contribution in [-0.2, 0) is 0 Å². The van der Waals surface area contributed by atoms with Crippen LogP contribution in [0.3, 0.4) is 0 Å². The second-order valence-electron chi connectivity index (χ2n) is 16.7. The number of rotatable bonds is 5.